The Balaban J connectivity index is 2.38. The van der Waals surface area contributed by atoms with Crippen molar-refractivity contribution in [3.63, 3.8) is 0 Å². The Morgan fingerprint density at radius 2 is 1.95 bits per heavy atom. The molecule has 2 aromatic rings. The van der Waals surface area contributed by atoms with Gasteiger partial charge in [0.05, 0.1) is 0 Å². The molecule has 0 aliphatic heterocycles. The molecule has 106 valence electrons. The first-order valence-electron chi connectivity index (χ1n) is 6.00. The normalized spacial score (nSPS) is 11.3. The lowest BCUT2D eigenvalue weighted by molar-refractivity contribution is 0.570. The highest BCUT2D eigenvalue weighted by atomic mass is 32.2. The number of halogens is 1. The fourth-order valence-electron chi connectivity index (χ4n) is 1.79. The summed E-state index contributed by atoms with van der Waals surface area (Å²) >= 11 is 0. The molecule has 0 atom stereocenters. The number of nitrogens with one attached hydrogen (secondary N) is 1. The fourth-order valence-corrected chi connectivity index (χ4v) is 3.00. The Morgan fingerprint density at radius 3 is 2.65 bits per heavy atom. The molecule has 0 fully saturated rings. The average molecular weight is 294 g/mol. The molecular formula is C14H15FN2O2S. The van der Waals surface area contributed by atoms with Crippen LogP contribution in [0.25, 0.3) is 0 Å². The van der Waals surface area contributed by atoms with Crippen LogP contribution < -0.4 is 10.5 Å². The van der Waals surface area contributed by atoms with Gasteiger partial charge >= 0.3 is 0 Å². The molecule has 2 aromatic carbocycles. The molecular weight excluding hydrogens is 279 g/mol. The van der Waals surface area contributed by atoms with Crippen molar-refractivity contribution in [1.29, 1.82) is 0 Å². The van der Waals surface area contributed by atoms with E-state index in [9.17, 15) is 12.8 Å². The third-order valence-electron chi connectivity index (χ3n) is 2.79. The number of aryl methyl sites for hydroxylation is 1. The van der Waals surface area contributed by atoms with Gasteiger partial charge < -0.3 is 5.73 Å². The van der Waals surface area contributed by atoms with E-state index in [0.29, 0.717) is 17.8 Å². The number of rotatable bonds is 4. The van der Waals surface area contributed by atoms with Gasteiger partial charge in [0, 0.05) is 12.2 Å². The van der Waals surface area contributed by atoms with Gasteiger partial charge in [-0.05, 0) is 42.3 Å². The van der Waals surface area contributed by atoms with Gasteiger partial charge in [-0.3, -0.25) is 4.72 Å². The van der Waals surface area contributed by atoms with Crippen LogP contribution in [0.15, 0.2) is 47.4 Å². The van der Waals surface area contributed by atoms with Crippen molar-refractivity contribution in [2.45, 2.75) is 18.4 Å². The summed E-state index contributed by atoms with van der Waals surface area (Å²) in [7, 11) is -3.96. The van der Waals surface area contributed by atoms with Crippen LogP contribution in [0.1, 0.15) is 11.1 Å². The molecule has 20 heavy (non-hydrogen) atoms. The topological polar surface area (TPSA) is 72.2 Å². The Hall–Kier alpha value is -1.92. The predicted octanol–water partition coefficient (Wildman–Crippen LogP) is 2.39. The first-order chi connectivity index (χ1) is 9.42. The Morgan fingerprint density at radius 1 is 1.20 bits per heavy atom. The van der Waals surface area contributed by atoms with Crippen LogP contribution in [-0.2, 0) is 16.6 Å². The molecule has 0 aromatic heterocycles. The summed E-state index contributed by atoms with van der Waals surface area (Å²) in [5.41, 5.74) is 7.31. The minimum absolute atomic E-state index is 0.300. The monoisotopic (exact) mass is 294 g/mol. The van der Waals surface area contributed by atoms with E-state index in [-0.39, 0.29) is 4.90 Å². The van der Waals surface area contributed by atoms with Gasteiger partial charge in [-0.25, -0.2) is 12.8 Å². The highest BCUT2D eigenvalue weighted by Gasteiger charge is 2.19. The van der Waals surface area contributed by atoms with E-state index in [4.69, 9.17) is 5.73 Å². The molecule has 0 unspecified atom stereocenters. The summed E-state index contributed by atoms with van der Waals surface area (Å²) in [5, 5.41) is 0. The number of benzene rings is 2. The molecule has 2 rings (SSSR count). The summed E-state index contributed by atoms with van der Waals surface area (Å²) in [6, 6.07) is 10.6. The quantitative estimate of drug-likeness (QED) is 0.909. The summed E-state index contributed by atoms with van der Waals surface area (Å²) in [6.45, 7) is 2.00. The first kappa shape index (κ1) is 14.5. The number of hydrogen-bond donors (Lipinski definition) is 2. The van der Waals surface area contributed by atoms with Gasteiger partial charge in [-0.2, -0.15) is 0 Å². The van der Waals surface area contributed by atoms with Gasteiger partial charge in [-0.1, -0.05) is 18.2 Å². The van der Waals surface area contributed by atoms with E-state index >= 15 is 0 Å². The van der Waals surface area contributed by atoms with E-state index in [1.807, 2.05) is 0 Å². The van der Waals surface area contributed by atoms with E-state index in [0.717, 1.165) is 11.6 Å². The van der Waals surface area contributed by atoms with Crippen LogP contribution in [0, 0.1) is 12.7 Å². The Bertz CT molecular complexity index is 730. The predicted molar refractivity (Wildman–Crippen MR) is 76.3 cm³/mol. The van der Waals surface area contributed by atoms with Gasteiger partial charge in [-0.15, -0.1) is 0 Å². The van der Waals surface area contributed by atoms with Crippen LogP contribution in [0.4, 0.5) is 10.1 Å². The molecule has 0 spiro atoms. The van der Waals surface area contributed by atoms with Gasteiger partial charge in [0.1, 0.15) is 10.7 Å². The van der Waals surface area contributed by atoms with Gasteiger partial charge in [0.25, 0.3) is 10.0 Å². The third-order valence-corrected chi connectivity index (χ3v) is 4.19. The summed E-state index contributed by atoms with van der Waals surface area (Å²) in [4.78, 5) is -0.365. The van der Waals surface area contributed by atoms with Crippen molar-refractivity contribution < 1.29 is 12.8 Å². The molecule has 0 amide bonds. The summed E-state index contributed by atoms with van der Waals surface area (Å²) in [6.07, 6.45) is 0. The standard InChI is InChI=1S/C14H15FN2O2S/c1-10-5-6-13(15)14(7-10)20(18,19)17-12-4-2-3-11(8-12)9-16/h2-8,17H,9,16H2,1H3. The molecule has 0 saturated heterocycles. The summed E-state index contributed by atoms with van der Waals surface area (Å²) in [5.74, 6) is -0.780. The summed E-state index contributed by atoms with van der Waals surface area (Å²) < 4.78 is 40.4. The van der Waals surface area contributed by atoms with Crippen molar-refractivity contribution in [3.05, 3.63) is 59.4 Å². The fraction of sp³-hybridized carbons (Fsp3) is 0.143. The van der Waals surface area contributed by atoms with Crippen LogP contribution in [0.2, 0.25) is 0 Å². The lowest BCUT2D eigenvalue weighted by Crippen LogP contribution is -2.15. The SMILES string of the molecule is Cc1ccc(F)c(S(=O)(=O)Nc2cccc(CN)c2)c1. The Labute approximate surface area is 117 Å². The van der Waals surface area contributed by atoms with Crippen LogP contribution in [0.3, 0.4) is 0 Å². The molecule has 0 aliphatic carbocycles. The maximum absolute atomic E-state index is 13.7. The molecule has 3 N–H and O–H groups in total. The smallest absolute Gasteiger partial charge is 0.264 e. The lowest BCUT2D eigenvalue weighted by atomic mass is 10.2. The maximum atomic E-state index is 13.7. The van der Waals surface area contributed by atoms with Crippen LogP contribution >= 0.6 is 0 Å². The largest absolute Gasteiger partial charge is 0.326 e. The minimum atomic E-state index is -3.96. The van der Waals surface area contributed by atoms with E-state index < -0.39 is 15.8 Å². The third kappa shape index (κ3) is 3.15. The first-order valence-corrected chi connectivity index (χ1v) is 7.48. The number of hydrogen-bond acceptors (Lipinski definition) is 3. The van der Waals surface area contributed by atoms with E-state index in [1.54, 1.807) is 31.2 Å². The van der Waals surface area contributed by atoms with Gasteiger partial charge in [0.2, 0.25) is 0 Å². The molecule has 0 bridgehead atoms. The molecule has 4 nitrogen and oxygen atoms in total. The number of sulfonamides is 1. The molecule has 0 heterocycles. The molecule has 0 aliphatic rings. The Kier molecular flexibility index (Phi) is 4.06. The second kappa shape index (κ2) is 5.60. The van der Waals surface area contributed by atoms with Crippen molar-refractivity contribution in [1.82, 2.24) is 0 Å². The van der Waals surface area contributed by atoms with Crippen LogP contribution in [-0.4, -0.2) is 8.42 Å². The lowest BCUT2D eigenvalue weighted by Gasteiger charge is -2.10. The zero-order chi connectivity index (χ0) is 14.8. The van der Waals surface area contributed by atoms with Crippen LogP contribution in [0.5, 0.6) is 0 Å². The second-order valence-electron chi connectivity index (χ2n) is 4.44. The molecule has 0 saturated carbocycles. The highest BCUT2D eigenvalue weighted by Crippen LogP contribution is 2.20. The van der Waals surface area contributed by atoms with E-state index in [1.165, 1.54) is 12.1 Å². The van der Waals surface area contributed by atoms with Crippen molar-refractivity contribution in [3.8, 4) is 0 Å². The van der Waals surface area contributed by atoms with Crippen molar-refractivity contribution in [2.75, 3.05) is 4.72 Å². The minimum Gasteiger partial charge on any atom is -0.326 e. The average Bonchev–Trinajstić information content (AvgIpc) is 2.41. The molecule has 0 radical (unpaired) electrons. The number of anilines is 1. The second-order valence-corrected chi connectivity index (χ2v) is 6.09. The highest BCUT2D eigenvalue weighted by molar-refractivity contribution is 7.92. The number of nitrogens with two attached hydrogens (primary N) is 1. The zero-order valence-electron chi connectivity index (χ0n) is 10.9. The zero-order valence-corrected chi connectivity index (χ0v) is 11.7. The van der Waals surface area contributed by atoms with Crippen molar-refractivity contribution >= 4 is 15.7 Å². The maximum Gasteiger partial charge on any atom is 0.264 e. The van der Waals surface area contributed by atoms with Crippen molar-refractivity contribution in [2.24, 2.45) is 5.73 Å². The van der Waals surface area contributed by atoms with Gasteiger partial charge in [0.15, 0.2) is 0 Å². The molecule has 6 heteroatoms. The van der Waals surface area contributed by atoms with E-state index in [2.05, 4.69) is 4.72 Å².